The number of carbonyl (C=O) groups excluding carboxylic acids is 1. The van der Waals surface area contributed by atoms with E-state index in [9.17, 15) is 34.8 Å². The number of anilines is 1. The lowest BCUT2D eigenvalue weighted by atomic mass is 10.1. The average Bonchev–Trinajstić information content (AvgIpc) is 2.87. The van der Waals surface area contributed by atoms with Gasteiger partial charge in [-0.2, -0.15) is 13.2 Å². The number of esters is 1. The van der Waals surface area contributed by atoms with E-state index in [2.05, 4.69) is 4.98 Å². The van der Waals surface area contributed by atoms with Gasteiger partial charge in [0, 0.05) is 6.20 Å². The van der Waals surface area contributed by atoms with Gasteiger partial charge in [-0.05, 0) is 68.8 Å². The summed E-state index contributed by atoms with van der Waals surface area (Å²) in [5.74, 6) is -1.26. The number of rotatable bonds is 7. The Hall–Kier alpha value is -3.65. The van der Waals surface area contributed by atoms with Gasteiger partial charge in [0.25, 0.3) is 10.0 Å². The van der Waals surface area contributed by atoms with Crippen molar-refractivity contribution in [3.8, 4) is 5.75 Å². The Kier molecular flexibility index (Phi) is 8.11. The number of aromatic nitrogens is 1. The number of carbonyl (C=O) groups is 1. The number of ether oxygens (including phenoxy) is 2. The van der Waals surface area contributed by atoms with Crippen molar-refractivity contribution in [1.29, 1.82) is 0 Å². The fourth-order valence-electron chi connectivity index (χ4n) is 4.15. The fraction of sp³-hybridized carbons (Fsp3) is 0.333. The van der Waals surface area contributed by atoms with Crippen LogP contribution in [0.3, 0.4) is 0 Å². The molecule has 0 saturated heterocycles. The number of fused-ring (bicyclic) bond motifs is 1. The van der Waals surface area contributed by atoms with Crippen LogP contribution in [-0.4, -0.2) is 51.8 Å². The van der Waals surface area contributed by atoms with Crippen LogP contribution < -0.4 is 9.04 Å². The first-order valence-electron chi connectivity index (χ1n) is 12.3. The molecular weight excluding hydrogens is 585 g/mol. The predicted molar refractivity (Wildman–Crippen MR) is 143 cm³/mol. The fourth-order valence-corrected chi connectivity index (χ4v) is 7.03. The second-order valence-electron chi connectivity index (χ2n) is 10.3. The molecule has 1 aliphatic heterocycles. The van der Waals surface area contributed by atoms with Gasteiger partial charge in [0.2, 0.25) is 0 Å². The Labute approximate surface area is 235 Å². The smallest absolute Gasteiger partial charge is 0.416 e. The van der Waals surface area contributed by atoms with Gasteiger partial charge in [0.05, 0.1) is 34.9 Å². The highest BCUT2D eigenvalue weighted by Crippen LogP contribution is 2.39. The number of alkyl halides is 3. The van der Waals surface area contributed by atoms with Crippen LogP contribution in [0, 0.1) is 0 Å². The molecule has 41 heavy (non-hydrogen) atoms. The first-order valence-corrected chi connectivity index (χ1v) is 15.4. The van der Waals surface area contributed by atoms with Crippen molar-refractivity contribution in [3.05, 3.63) is 78.0 Å². The van der Waals surface area contributed by atoms with Gasteiger partial charge in [-0.25, -0.2) is 21.8 Å². The zero-order valence-corrected chi connectivity index (χ0v) is 23.9. The SMILES string of the molecule is CC(C)(C)OC(=O)Cc1ccc2c(c1)N(S(=O)(=O)c1cccc(C(F)(F)F)c1)C[C@H](CS(=O)(=O)c1ccccn1)O2. The molecule has 0 spiro atoms. The zero-order valence-electron chi connectivity index (χ0n) is 22.3. The quantitative estimate of drug-likeness (QED) is 0.360. The average molecular weight is 613 g/mol. The summed E-state index contributed by atoms with van der Waals surface area (Å²) in [5.41, 5.74) is -1.64. The van der Waals surface area contributed by atoms with E-state index >= 15 is 0 Å². The molecule has 0 amide bonds. The second-order valence-corrected chi connectivity index (χ2v) is 14.2. The van der Waals surface area contributed by atoms with Crippen molar-refractivity contribution in [2.45, 2.75) is 55.0 Å². The number of pyridine rings is 1. The molecule has 0 radical (unpaired) electrons. The van der Waals surface area contributed by atoms with Crippen molar-refractivity contribution < 1.29 is 44.3 Å². The van der Waals surface area contributed by atoms with Gasteiger partial charge in [-0.3, -0.25) is 9.10 Å². The van der Waals surface area contributed by atoms with Crippen molar-refractivity contribution >= 4 is 31.5 Å². The Morgan fingerprint density at radius 3 is 2.39 bits per heavy atom. The third kappa shape index (κ3) is 7.17. The molecule has 0 unspecified atom stereocenters. The minimum atomic E-state index is -4.80. The number of halogens is 3. The molecule has 0 bridgehead atoms. The number of nitrogens with zero attached hydrogens (tertiary/aromatic N) is 2. The summed E-state index contributed by atoms with van der Waals surface area (Å²) in [5, 5.41) is -0.241. The summed E-state index contributed by atoms with van der Waals surface area (Å²) in [6.07, 6.45) is -4.96. The summed E-state index contributed by atoms with van der Waals surface area (Å²) in [7, 11) is -8.69. The summed E-state index contributed by atoms with van der Waals surface area (Å²) >= 11 is 0. The van der Waals surface area contributed by atoms with Gasteiger partial charge in [-0.1, -0.05) is 18.2 Å². The van der Waals surface area contributed by atoms with E-state index in [4.69, 9.17) is 9.47 Å². The molecule has 0 aliphatic carbocycles. The molecule has 3 aromatic rings. The van der Waals surface area contributed by atoms with E-state index in [0.29, 0.717) is 11.6 Å². The maximum atomic E-state index is 13.8. The minimum absolute atomic E-state index is 0.0269. The molecular formula is C27H27F3N2O7S2. The van der Waals surface area contributed by atoms with Crippen LogP contribution in [0.25, 0.3) is 0 Å². The molecule has 1 aromatic heterocycles. The van der Waals surface area contributed by atoms with Crippen molar-refractivity contribution in [3.63, 3.8) is 0 Å². The molecule has 0 N–H and O–H groups in total. The topological polar surface area (TPSA) is 120 Å². The summed E-state index contributed by atoms with van der Waals surface area (Å²) in [6.45, 7) is 4.53. The van der Waals surface area contributed by atoms with E-state index in [1.165, 1.54) is 42.6 Å². The summed E-state index contributed by atoms with van der Waals surface area (Å²) < 4.78 is 106. The highest BCUT2D eigenvalue weighted by molar-refractivity contribution is 7.93. The van der Waals surface area contributed by atoms with Crippen LogP contribution in [-0.2, 0) is 42.0 Å². The molecule has 2 heterocycles. The van der Waals surface area contributed by atoms with Crippen LogP contribution >= 0.6 is 0 Å². The van der Waals surface area contributed by atoms with Crippen molar-refractivity contribution in [2.75, 3.05) is 16.6 Å². The summed E-state index contributed by atoms with van der Waals surface area (Å²) in [4.78, 5) is 15.6. The maximum Gasteiger partial charge on any atom is 0.416 e. The van der Waals surface area contributed by atoms with E-state index in [-0.39, 0.29) is 22.9 Å². The normalized spacial score (nSPS) is 16.0. The second kappa shape index (κ2) is 11.0. The maximum absolute atomic E-state index is 13.8. The highest BCUT2D eigenvalue weighted by Gasteiger charge is 2.39. The van der Waals surface area contributed by atoms with Gasteiger partial charge >= 0.3 is 12.1 Å². The number of hydrogen-bond donors (Lipinski definition) is 0. The van der Waals surface area contributed by atoms with E-state index < -0.39 is 66.5 Å². The van der Waals surface area contributed by atoms with Gasteiger partial charge in [0.15, 0.2) is 14.9 Å². The summed E-state index contributed by atoms with van der Waals surface area (Å²) in [6, 6.07) is 11.8. The molecule has 2 aromatic carbocycles. The number of hydrogen-bond acceptors (Lipinski definition) is 8. The highest BCUT2D eigenvalue weighted by atomic mass is 32.2. The van der Waals surface area contributed by atoms with Crippen LogP contribution in [0.5, 0.6) is 5.75 Å². The zero-order chi connectivity index (χ0) is 30.2. The monoisotopic (exact) mass is 612 g/mol. The minimum Gasteiger partial charge on any atom is -0.485 e. The molecule has 1 aliphatic rings. The van der Waals surface area contributed by atoms with Crippen molar-refractivity contribution in [1.82, 2.24) is 4.98 Å². The Bertz CT molecular complexity index is 1650. The third-order valence-corrected chi connectivity index (χ3v) is 9.30. The number of sulfonamides is 1. The Morgan fingerprint density at radius 1 is 1.02 bits per heavy atom. The van der Waals surface area contributed by atoms with Crippen molar-refractivity contribution in [2.24, 2.45) is 0 Å². The molecule has 14 heteroatoms. The van der Waals surface area contributed by atoms with E-state index in [1.807, 2.05) is 0 Å². The Balaban J connectivity index is 1.75. The van der Waals surface area contributed by atoms with Crippen LogP contribution in [0.15, 0.2) is 76.8 Å². The Morgan fingerprint density at radius 2 is 1.76 bits per heavy atom. The third-order valence-electron chi connectivity index (χ3n) is 5.83. The first-order chi connectivity index (χ1) is 19.0. The predicted octanol–water partition coefficient (Wildman–Crippen LogP) is 4.41. The first kappa shape index (κ1) is 30.3. The van der Waals surface area contributed by atoms with E-state index in [0.717, 1.165) is 22.5 Å². The lowest BCUT2D eigenvalue weighted by Crippen LogP contribution is -2.46. The molecule has 0 saturated carbocycles. The molecule has 4 rings (SSSR count). The standard InChI is InChI=1S/C27H27F3N2O7S2/c1-26(2,3)39-25(33)14-18-10-11-23-22(13-18)32(41(36,37)21-8-6-7-19(15-21)27(28,29)30)16-20(38-23)17-40(34,35)24-9-4-5-12-31-24/h4-13,15,20H,14,16-17H2,1-3H3/t20-/m1/s1. The van der Waals surface area contributed by atoms with E-state index in [1.54, 1.807) is 20.8 Å². The molecule has 0 fully saturated rings. The number of benzene rings is 2. The molecule has 9 nitrogen and oxygen atoms in total. The van der Waals surface area contributed by atoms with Gasteiger partial charge in [0.1, 0.15) is 17.5 Å². The van der Waals surface area contributed by atoms with Gasteiger partial charge < -0.3 is 9.47 Å². The lowest BCUT2D eigenvalue weighted by Gasteiger charge is -2.35. The lowest BCUT2D eigenvalue weighted by molar-refractivity contribution is -0.153. The molecule has 1 atom stereocenters. The number of sulfone groups is 1. The van der Waals surface area contributed by atoms with Crippen LogP contribution in [0.1, 0.15) is 31.9 Å². The largest absolute Gasteiger partial charge is 0.485 e. The van der Waals surface area contributed by atoms with Crippen LogP contribution in [0.4, 0.5) is 18.9 Å². The molecule has 220 valence electrons. The van der Waals surface area contributed by atoms with Gasteiger partial charge in [-0.15, -0.1) is 0 Å². The van der Waals surface area contributed by atoms with Crippen LogP contribution in [0.2, 0.25) is 0 Å².